The first-order chi connectivity index (χ1) is 11.2. The van der Waals surface area contributed by atoms with Crippen molar-refractivity contribution in [1.29, 1.82) is 0 Å². The minimum absolute atomic E-state index is 0.00507. The Morgan fingerprint density at radius 3 is 1.78 bits per heavy atom. The molecule has 0 aromatic heterocycles. The van der Waals surface area contributed by atoms with Crippen LogP contribution < -0.4 is 0 Å². The van der Waals surface area contributed by atoms with Gasteiger partial charge in [0.2, 0.25) is 0 Å². The molecule has 0 fully saturated rings. The standard InChI is InChI=1S/C21H42O2/c1-4-5-6-7-8-9-10-11-12-13-14-18-21(22)23-19-16-15-17-20(2)3/h20H,4-19H2,1-3H3. The van der Waals surface area contributed by atoms with Crippen molar-refractivity contribution in [2.75, 3.05) is 6.61 Å². The number of hydrogen-bond acceptors (Lipinski definition) is 2. The van der Waals surface area contributed by atoms with Crippen LogP contribution in [0, 0.1) is 5.92 Å². The second-order valence-corrected chi connectivity index (χ2v) is 7.40. The molecule has 0 saturated carbocycles. The van der Waals surface area contributed by atoms with Crippen LogP contribution in [0.15, 0.2) is 0 Å². The van der Waals surface area contributed by atoms with Crippen molar-refractivity contribution in [2.24, 2.45) is 5.92 Å². The molecule has 0 aliphatic heterocycles. The maximum atomic E-state index is 11.6. The highest BCUT2D eigenvalue weighted by molar-refractivity contribution is 5.69. The third-order valence-electron chi connectivity index (χ3n) is 4.42. The van der Waals surface area contributed by atoms with Gasteiger partial charge < -0.3 is 4.74 Å². The van der Waals surface area contributed by atoms with Crippen LogP contribution in [0.4, 0.5) is 0 Å². The summed E-state index contributed by atoms with van der Waals surface area (Å²) >= 11 is 0. The molecule has 0 N–H and O–H groups in total. The summed E-state index contributed by atoms with van der Waals surface area (Å²) in [6, 6.07) is 0. The van der Waals surface area contributed by atoms with E-state index in [4.69, 9.17) is 4.74 Å². The van der Waals surface area contributed by atoms with E-state index in [0.29, 0.717) is 13.0 Å². The van der Waals surface area contributed by atoms with Gasteiger partial charge in [-0.2, -0.15) is 0 Å². The van der Waals surface area contributed by atoms with E-state index in [2.05, 4.69) is 20.8 Å². The van der Waals surface area contributed by atoms with Crippen LogP contribution in [0.2, 0.25) is 0 Å². The minimum atomic E-state index is 0.00507. The van der Waals surface area contributed by atoms with Crippen molar-refractivity contribution in [2.45, 2.75) is 117 Å². The van der Waals surface area contributed by atoms with Crippen LogP contribution in [-0.4, -0.2) is 12.6 Å². The van der Waals surface area contributed by atoms with Crippen LogP contribution in [0.25, 0.3) is 0 Å². The molecule has 138 valence electrons. The lowest BCUT2D eigenvalue weighted by Gasteiger charge is -2.06. The summed E-state index contributed by atoms with van der Waals surface area (Å²) in [6.07, 6.45) is 18.5. The van der Waals surface area contributed by atoms with Gasteiger partial charge in [-0.05, 0) is 25.2 Å². The van der Waals surface area contributed by atoms with Crippen LogP contribution in [0.3, 0.4) is 0 Å². The number of rotatable bonds is 17. The maximum Gasteiger partial charge on any atom is 0.305 e. The Bertz CT molecular complexity index is 248. The molecular weight excluding hydrogens is 284 g/mol. The van der Waals surface area contributed by atoms with Crippen LogP contribution in [-0.2, 0) is 9.53 Å². The molecular formula is C21H42O2. The zero-order valence-corrected chi connectivity index (χ0v) is 16.2. The van der Waals surface area contributed by atoms with Crippen LogP contribution >= 0.6 is 0 Å². The van der Waals surface area contributed by atoms with Gasteiger partial charge in [0, 0.05) is 6.42 Å². The second-order valence-electron chi connectivity index (χ2n) is 7.40. The Kier molecular flexibility index (Phi) is 17.4. The third-order valence-corrected chi connectivity index (χ3v) is 4.42. The summed E-state index contributed by atoms with van der Waals surface area (Å²) < 4.78 is 5.28. The van der Waals surface area contributed by atoms with E-state index < -0.39 is 0 Å². The first-order valence-corrected chi connectivity index (χ1v) is 10.3. The quantitative estimate of drug-likeness (QED) is 0.211. The normalized spacial score (nSPS) is 11.1. The van der Waals surface area contributed by atoms with E-state index in [0.717, 1.165) is 18.8 Å². The van der Waals surface area contributed by atoms with Gasteiger partial charge >= 0.3 is 5.97 Å². The average molecular weight is 327 g/mol. The van der Waals surface area contributed by atoms with Gasteiger partial charge in [-0.1, -0.05) is 91.4 Å². The summed E-state index contributed by atoms with van der Waals surface area (Å²) in [5.41, 5.74) is 0. The van der Waals surface area contributed by atoms with Crippen molar-refractivity contribution >= 4 is 5.97 Å². The highest BCUT2D eigenvalue weighted by Gasteiger charge is 2.02. The zero-order valence-electron chi connectivity index (χ0n) is 16.2. The lowest BCUT2D eigenvalue weighted by molar-refractivity contribution is -0.143. The monoisotopic (exact) mass is 326 g/mol. The fourth-order valence-corrected chi connectivity index (χ4v) is 2.85. The van der Waals surface area contributed by atoms with Crippen molar-refractivity contribution < 1.29 is 9.53 Å². The summed E-state index contributed by atoms with van der Waals surface area (Å²) in [5.74, 6) is 0.757. The Hall–Kier alpha value is -0.530. The van der Waals surface area contributed by atoms with Crippen molar-refractivity contribution in [1.82, 2.24) is 0 Å². The van der Waals surface area contributed by atoms with E-state index >= 15 is 0 Å². The molecule has 0 aromatic carbocycles. The molecule has 0 unspecified atom stereocenters. The molecule has 0 saturated heterocycles. The van der Waals surface area contributed by atoms with E-state index in [9.17, 15) is 4.79 Å². The average Bonchev–Trinajstić information content (AvgIpc) is 2.52. The smallest absolute Gasteiger partial charge is 0.305 e. The van der Waals surface area contributed by atoms with E-state index in [-0.39, 0.29) is 5.97 Å². The molecule has 0 rings (SSSR count). The largest absolute Gasteiger partial charge is 0.466 e. The van der Waals surface area contributed by atoms with Crippen LogP contribution in [0.5, 0.6) is 0 Å². The molecule has 0 bridgehead atoms. The fraction of sp³-hybridized carbons (Fsp3) is 0.952. The summed E-state index contributed by atoms with van der Waals surface area (Å²) in [6.45, 7) is 7.35. The number of unbranched alkanes of at least 4 members (excludes halogenated alkanes) is 11. The predicted octanol–water partition coefficient (Wildman–Crippen LogP) is 7.06. The molecule has 2 nitrogen and oxygen atoms in total. The summed E-state index contributed by atoms with van der Waals surface area (Å²) in [7, 11) is 0. The molecule has 23 heavy (non-hydrogen) atoms. The van der Waals surface area contributed by atoms with Gasteiger partial charge in [0.05, 0.1) is 6.61 Å². The third kappa shape index (κ3) is 19.4. The first kappa shape index (κ1) is 22.5. The zero-order chi connectivity index (χ0) is 17.2. The number of carbonyl (C=O) groups excluding carboxylic acids is 1. The molecule has 0 radical (unpaired) electrons. The molecule has 0 atom stereocenters. The molecule has 0 aromatic rings. The van der Waals surface area contributed by atoms with Gasteiger partial charge in [-0.25, -0.2) is 0 Å². The Balaban J connectivity index is 3.14. The van der Waals surface area contributed by atoms with Crippen molar-refractivity contribution in [3.8, 4) is 0 Å². The highest BCUT2D eigenvalue weighted by Crippen LogP contribution is 2.12. The van der Waals surface area contributed by atoms with Gasteiger partial charge in [-0.15, -0.1) is 0 Å². The lowest BCUT2D eigenvalue weighted by atomic mass is 10.1. The lowest BCUT2D eigenvalue weighted by Crippen LogP contribution is -2.05. The van der Waals surface area contributed by atoms with E-state index in [1.54, 1.807) is 0 Å². The second kappa shape index (κ2) is 17.8. The Labute approximate surface area is 145 Å². The van der Waals surface area contributed by atoms with E-state index in [1.807, 2.05) is 0 Å². The molecule has 0 heterocycles. The molecule has 0 amide bonds. The first-order valence-electron chi connectivity index (χ1n) is 10.3. The predicted molar refractivity (Wildman–Crippen MR) is 101 cm³/mol. The van der Waals surface area contributed by atoms with Gasteiger partial charge in [0.25, 0.3) is 0 Å². The topological polar surface area (TPSA) is 26.3 Å². The molecule has 0 spiro atoms. The van der Waals surface area contributed by atoms with Gasteiger partial charge in [0.1, 0.15) is 0 Å². The number of ether oxygens (including phenoxy) is 1. The van der Waals surface area contributed by atoms with Crippen LogP contribution in [0.1, 0.15) is 117 Å². The van der Waals surface area contributed by atoms with Gasteiger partial charge in [0.15, 0.2) is 0 Å². The molecule has 2 heteroatoms. The summed E-state index contributed by atoms with van der Waals surface area (Å²) in [5, 5.41) is 0. The van der Waals surface area contributed by atoms with Crippen molar-refractivity contribution in [3.05, 3.63) is 0 Å². The molecule has 0 aliphatic carbocycles. The SMILES string of the molecule is CCCCCCCCCCCCCC(=O)OCCCCC(C)C. The highest BCUT2D eigenvalue weighted by atomic mass is 16.5. The van der Waals surface area contributed by atoms with E-state index in [1.165, 1.54) is 77.0 Å². The van der Waals surface area contributed by atoms with Crippen molar-refractivity contribution in [3.63, 3.8) is 0 Å². The number of esters is 1. The number of hydrogen-bond donors (Lipinski definition) is 0. The number of carbonyl (C=O) groups is 1. The van der Waals surface area contributed by atoms with Gasteiger partial charge in [-0.3, -0.25) is 4.79 Å². The fourth-order valence-electron chi connectivity index (χ4n) is 2.85. The minimum Gasteiger partial charge on any atom is -0.466 e. The Morgan fingerprint density at radius 2 is 1.26 bits per heavy atom. The Morgan fingerprint density at radius 1 is 0.739 bits per heavy atom. The molecule has 0 aliphatic rings. The maximum absolute atomic E-state index is 11.6. The summed E-state index contributed by atoms with van der Waals surface area (Å²) in [4.78, 5) is 11.6.